The maximum Gasteiger partial charge on any atom is 0.169 e. The molecule has 2 atom stereocenters. The Labute approximate surface area is 124 Å². The highest BCUT2D eigenvalue weighted by Gasteiger charge is 2.15. The smallest absolute Gasteiger partial charge is 0.169 e. The van der Waals surface area contributed by atoms with Crippen LogP contribution in [0.4, 0.5) is 0 Å². The van der Waals surface area contributed by atoms with Gasteiger partial charge in [0.25, 0.3) is 0 Å². The lowest BCUT2D eigenvalue weighted by molar-refractivity contribution is 0.393. The molecule has 1 heterocycles. The molecular weight excluding hydrogens is 358 g/mol. The van der Waals surface area contributed by atoms with E-state index >= 15 is 0 Å². The van der Waals surface area contributed by atoms with Crippen LogP contribution in [0.2, 0.25) is 0 Å². The molecule has 18 heavy (non-hydrogen) atoms. The minimum atomic E-state index is 0.165. The van der Waals surface area contributed by atoms with Crippen LogP contribution in [0.25, 0.3) is 0 Å². The second-order valence-electron chi connectivity index (χ2n) is 4.27. The molecule has 0 spiro atoms. The van der Waals surface area contributed by atoms with E-state index < -0.39 is 0 Å². The van der Waals surface area contributed by atoms with Crippen molar-refractivity contribution >= 4 is 31.9 Å². The highest BCUT2D eigenvalue weighted by Crippen LogP contribution is 2.26. The summed E-state index contributed by atoms with van der Waals surface area (Å²) >= 11 is 6.90. The normalized spacial score (nSPS) is 14.4. The molecule has 2 rings (SSSR count). The lowest BCUT2D eigenvalue weighted by Crippen LogP contribution is -2.22. The van der Waals surface area contributed by atoms with Gasteiger partial charge in [-0.25, -0.2) is 0 Å². The Morgan fingerprint density at radius 2 is 1.72 bits per heavy atom. The highest BCUT2D eigenvalue weighted by molar-refractivity contribution is 9.10. The highest BCUT2D eigenvalue weighted by atomic mass is 79.9. The van der Waals surface area contributed by atoms with Crippen molar-refractivity contribution < 1.29 is 4.42 Å². The second kappa shape index (κ2) is 6.04. The van der Waals surface area contributed by atoms with Crippen molar-refractivity contribution in [3.63, 3.8) is 0 Å². The maximum atomic E-state index is 5.55. The molecule has 0 radical (unpaired) electrons. The van der Waals surface area contributed by atoms with Crippen LogP contribution in [0.15, 0.2) is 50.0 Å². The van der Waals surface area contributed by atoms with E-state index in [1.807, 2.05) is 24.3 Å². The van der Waals surface area contributed by atoms with Gasteiger partial charge in [0.1, 0.15) is 5.76 Å². The predicted molar refractivity (Wildman–Crippen MR) is 80.5 cm³/mol. The third kappa shape index (κ3) is 3.25. The molecule has 1 N–H and O–H groups in total. The molecule has 1 aromatic heterocycles. The summed E-state index contributed by atoms with van der Waals surface area (Å²) in [4.78, 5) is 0. The van der Waals surface area contributed by atoms with Gasteiger partial charge < -0.3 is 9.73 Å². The monoisotopic (exact) mass is 371 g/mol. The van der Waals surface area contributed by atoms with E-state index in [2.05, 4.69) is 63.2 Å². The summed E-state index contributed by atoms with van der Waals surface area (Å²) in [5.41, 5.74) is 1.25. The fraction of sp³-hybridized carbons (Fsp3) is 0.286. The summed E-state index contributed by atoms with van der Waals surface area (Å²) in [6, 6.07) is 12.6. The Morgan fingerprint density at radius 3 is 2.33 bits per heavy atom. The van der Waals surface area contributed by atoms with Crippen molar-refractivity contribution in [2.75, 3.05) is 0 Å². The van der Waals surface area contributed by atoms with E-state index in [0.29, 0.717) is 0 Å². The van der Waals surface area contributed by atoms with E-state index in [1.54, 1.807) is 0 Å². The quantitative estimate of drug-likeness (QED) is 0.796. The minimum Gasteiger partial charge on any atom is -0.453 e. The first kappa shape index (κ1) is 13.8. The van der Waals surface area contributed by atoms with E-state index in [-0.39, 0.29) is 12.1 Å². The molecule has 0 aliphatic carbocycles. The lowest BCUT2D eigenvalue weighted by Gasteiger charge is -2.20. The molecule has 2 nitrogen and oxygen atoms in total. The van der Waals surface area contributed by atoms with Gasteiger partial charge in [-0.3, -0.25) is 0 Å². The second-order valence-corrected chi connectivity index (χ2v) is 5.91. The summed E-state index contributed by atoms with van der Waals surface area (Å²) in [7, 11) is 0. The van der Waals surface area contributed by atoms with Crippen LogP contribution >= 0.6 is 31.9 Å². The largest absolute Gasteiger partial charge is 0.453 e. The van der Waals surface area contributed by atoms with Crippen molar-refractivity contribution in [3.8, 4) is 0 Å². The van der Waals surface area contributed by atoms with E-state index in [4.69, 9.17) is 4.42 Å². The van der Waals surface area contributed by atoms with Crippen molar-refractivity contribution in [1.29, 1.82) is 0 Å². The van der Waals surface area contributed by atoms with Gasteiger partial charge >= 0.3 is 0 Å². The maximum absolute atomic E-state index is 5.55. The first-order chi connectivity index (χ1) is 8.58. The average molecular weight is 373 g/mol. The summed E-state index contributed by atoms with van der Waals surface area (Å²) in [6.07, 6.45) is 0. The molecule has 0 saturated heterocycles. The number of benzene rings is 1. The molecular formula is C14H15Br2NO. The number of hydrogen-bond acceptors (Lipinski definition) is 2. The molecule has 96 valence electrons. The van der Waals surface area contributed by atoms with E-state index in [0.717, 1.165) is 14.9 Å². The van der Waals surface area contributed by atoms with Crippen molar-refractivity contribution in [2.24, 2.45) is 0 Å². The standard InChI is InChI=1S/C14H15Br2NO/c1-9(11-5-3-4-6-12(11)15)17-10(2)13-7-8-14(16)18-13/h3-10,17H,1-2H3. The number of rotatable bonds is 4. The molecule has 0 bridgehead atoms. The van der Waals surface area contributed by atoms with Crippen molar-refractivity contribution in [1.82, 2.24) is 5.32 Å². The van der Waals surface area contributed by atoms with Crippen LogP contribution in [-0.2, 0) is 0 Å². The first-order valence-electron chi connectivity index (χ1n) is 5.83. The molecule has 0 saturated carbocycles. The van der Waals surface area contributed by atoms with Crippen LogP contribution in [0.1, 0.15) is 37.3 Å². The lowest BCUT2D eigenvalue weighted by atomic mass is 10.1. The van der Waals surface area contributed by atoms with E-state index in [1.165, 1.54) is 5.56 Å². The van der Waals surface area contributed by atoms with Gasteiger partial charge in [-0.2, -0.15) is 0 Å². The van der Waals surface area contributed by atoms with Gasteiger partial charge in [-0.1, -0.05) is 34.1 Å². The van der Waals surface area contributed by atoms with Crippen LogP contribution in [0.5, 0.6) is 0 Å². The first-order valence-corrected chi connectivity index (χ1v) is 7.42. The van der Waals surface area contributed by atoms with Gasteiger partial charge in [0.2, 0.25) is 0 Å². The summed E-state index contributed by atoms with van der Waals surface area (Å²) in [5.74, 6) is 0.931. The average Bonchev–Trinajstić information content (AvgIpc) is 2.76. The minimum absolute atomic E-state index is 0.165. The molecule has 2 unspecified atom stereocenters. The Kier molecular flexibility index (Phi) is 4.65. The molecule has 2 aromatic rings. The fourth-order valence-electron chi connectivity index (χ4n) is 1.93. The van der Waals surface area contributed by atoms with E-state index in [9.17, 15) is 0 Å². The summed E-state index contributed by atoms with van der Waals surface area (Å²) < 4.78 is 7.44. The van der Waals surface area contributed by atoms with Crippen LogP contribution in [0.3, 0.4) is 0 Å². The fourth-order valence-corrected chi connectivity index (χ4v) is 2.88. The number of furan rings is 1. The van der Waals surface area contributed by atoms with Crippen LogP contribution in [-0.4, -0.2) is 0 Å². The number of nitrogens with one attached hydrogen (secondary N) is 1. The van der Waals surface area contributed by atoms with Crippen molar-refractivity contribution in [3.05, 3.63) is 56.9 Å². The summed E-state index contributed by atoms with van der Waals surface area (Å²) in [5, 5.41) is 3.52. The zero-order valence-corrected chi connectivity index (χ0v) is 13.5. The predicted octanol–water partition coefficient (Wildman–Crippen LogP) is 5.22. The SMILES string of the molecule is CC(NC(C)c1ccccc1Br)c1ccc(Br)o1. The number of halogens is 2. The molecule has 1 aromatic carbocycles. The van der Waals surface area contributed by atoms with Gasteiger partial charge in [0.15, 0.2) is 4.67 Å². The molecule has 0 aliphatic rings. The molecule has 0 amide bonds. The molecule has 0 fully saturated rings. The summed E-state index contributed by atoms with van der Waals surface area (Å²) in [6.45, 7) is 4.24. The molecule has 0 aliphatic heterocycles. The Morgan fingerprint density at radius 1 is 1.00 bits per heavy atom. The Bertz CT molecular complexity index is 524. The van der Waals surface area contributed by atoms with Crippen LogP contribution in [0, 0.1) is 0 Å². The van der Waals surface area contributed by atoms with Gasteiger partial charge in [0, 0.05) is 10.5 Å². The van der Waals surface area contributed by atoms with Gasteiger partial charge in [-0.15, -0.1) is 0 Å². The Balaban J connectivity index is 2.08. The van der Waals surface area contributed by atoms with Gasteiger partial charge in [0.05, 0.1) is 6.04 Å². The Hall–Kier alpha value is -0.580. The van der Waals surface area contributed by atoms with Crippen LogP contribution < -0.4 is 5.32 Å². The third-order valence-electron chi connectivity index (χ3n) is 2.89. The van der Waals surface area contributed by atoms with Crippen molar-refractivity contribution in [2.45, 2.75) is 25.9 Å². The third-order valence-corrected chi connectivity index (χ3v) is 4.04. The van der Waals surface area contributed by atoms with Gasteiger partial charge in [-0.05, 0) is 53.5 Å². The topological polar surface area (TPSA) is 25.2 Å². The molecule has 4 heteroatoms. The number of hydrogen-bond donors (Lipinski definition) is 1. The zero-order chi connectivity index (χ0) is 13.1. The zero-order valence-electron chi connectivity index (χ0n) is 10.3.